The Bertz CT molecular complexity index is 756. The van der Waals surface area contributed by atoms with Gasteiger partial charge in [-0.3, -0.25) is 4.84 Å². The third kappa shape index (κ3) is 4.06. The lowest BCUT2D eigenvalue weighted by Crippen LogP contribution is -2.36. The number of amides is 2. The van der Waals surface area contributed by atoms with Crippen molar-refractivity contribution in [2.24, 2.45) is 0 Å². The standard InChI is InChI=1S/C17H17N3O2S/c1-20(11-16-18-14-9-5-6-10-15(14)23-16)17(21)19-22-12-13-7-3-2-4-8-13/h2-10H,11-12H2,1H3,(H,19,21). The van der Waals surface area contributed by atoms with Crippen LogP contribution in [0.4, 0.5) is 4.79 Å². The van der Waals surface area contributed by atoms with Crippen LogP contribution in [0.1, 0.15) is 10.6 Å². The smallest absolute Gasteiger partial charge is 0.319 e. The maximum atomic E-state index is 12.0. The molecule has 118 valence electrons. The average molecular weight is 327 g/mol. The zero-order chi connectivity index (χ0) is 16.1. The Morgan fingerprint density at radius 1 is 1.17 bits per heavy atom. The first-order valence-electron chi connectivity index (χ1n) is 7.23. The van der Waals surface area contributed by atoms with E-state index in [0.717, 1.165) is 20.8 Å². The number of rotatable bonds is 5. The van der Waals surface area contributed by atoms with Crippen molar-refractivity contribution in [3.63, 3.8) is 0 Å². The summed E-state index contributed by atoms with van der Waals surface area (Å²) in [6, 6.07) is 17.3. The van der Waals surface area contributed by atoms with E-state index in [1.807, 2.05) is 54.6 Å². The van der Waals surface area contributed by atoms with E-state index >= 15 is 0 Å². The summed E-state index contributed by atoms with van der Waals surface area (Å²) in [5.74, 6) is 0. The molecule has 5 nitrogen and oxygen atoms in total. The second-order valence-electron chi connectivity index (χ2n) is 5.11. The van der Waals surface area contributed by atoms with E-state index in [-0.39, 0.29) is 6.03 Å². The van der Waals surface area contributed by atoms with Crippen molar-refractivity contribution in [2.45, 2.75) is 13.2 Å². The van der Waals surface area contributed by atoms with Gasteiger partial charge in [0.15, 0.2) is 0 Å². The minimum Gasteiger partial charge on any atom is -0.319 e. The molecular formula is C17H17N3O2S. The van der Waals surface area contributed by atoms with Crippen LogP contribution in [0, 0.1) is 0 Å². The topological polar surface area (TPSA) is 54.5 Å². The van der Waals surface area contributed by atoms with Gasteiger partial charge < -0.3 is 4.90 Å². The number of carbonyl (C=O) groups is 1. The van der Waals surface area contributed by atoms with Crippen LogP contribution in [0.15, 0.2) is 54.6 Å². The molecule has 3 aromatic rings. The van der Waals surface area contributed by atoms with Crippen molar-refractivity contribution in [1.29, 1.82) is 0 Å². The number of nitrogens with zero attached hydrogens (tertiary/aromatic N) is 2. The molecule has 0 bridgehead atoms. The number of fused-ring (bicyclic) bond motifs is 1. The average Bonchev–Trinajstić information content (AvgIpc) is 2.98. The van der Waals surface area contributed by atoms with Gasteiger partial charge in [0, 0.05) is 7.05 Å². The molecule has 0 fully saturated rings. The fraction of sp³-hybridized carbons (Fsp3) is 0.176. The second kappa shape index (κ2) is 7.21. The number of nitrogens with one attached hydrogen (secondary N) is 1. The summed E-state index contributed by atoms with van der Waals surface area (Å²) in [4.78, 5) is 23.3. The molecule has 0 aliphatic carbocycles. The highest BCUT2D eigenvalue weighted by Crippen LogP contribution is 2.22. The van der Waals surface area contributed by atoms with Crippen LogP contribution in [0.3, 0.4) is 0 Å². The molecule has 1 N–H and O–H groups in total. The Hall–Kier alpha value is -2.44. The van der Waals surface area contributed by atoms with E-state index in [2.05, 4.69) is 10.5 Å². The number of hydrogen-bond donors (Lipinski definition) is 1. The predicted molar refractivity (Wildman–Crippen MR) is 90.8 cm³/mol. The molecule has 0 atom stereocenters. The number of aromatic nitrogens is 1. The lowest BCUT2D eigenvalue weighted by molar-refractivity contribution is 0.0382. The van der Waals surface area contributed by atoms with Crippen molar-refractivity contribution < 1.29 is 9.63 Å². The normalized spacial score (nSPS) is 10.7. The number of urea groups is 1. The van der Waals surface area contributed by atoms with Crippen LogP contribution in [0.5, 0.6) is 0 Å². The highest BCUT2D eigenvalue weighted by Gasteiger charge is 2.12. The van der Waals surface area contributed by atoms with Crippen LogP contribution in [-0.4, -0.2) is 23.0 Å². The number of para-hydroxylation sites is 1. The van der Waals surface area contributed by atoms with Gasteiger partial charge in [0.2, 0.25) is 0 Å². The van der Waals surface area contributed by atoms with E-state index in [4.69, 9.17) is 4.84 Å². The predicted octanol–water partition coefficient (Wildman–Crippen LogP) is 3.57. The summed E-state index contributed by atoms with van der Waals surface area (Å²) in [5, 5.41) is 0.895. The summed E-state index contributed by atoms with van der Waals surface area (Å²) in [5.41, 5.74) is 4.41. The Morgan fingerprint density at radius 2 is 1.91 bits per heavy atom. The molecular weight excluding hydrogens is 310 g/mol. The van der Waals surface area contributed by atoms with E-state index in [9.17, 15) is 4.79 Å². The molecule has 0 unspecified atom stereocenters. The Morgan fingerprint density at radius 3 is 2.70 bits per heavy atom. The Kier molecular flexibility index (Phi) is 4.85. The highest BCUT2D eigenvalue weighted by molar-refractivity contribution is 7.18. The van der Waals surface area contributed by atoms with Crippen LogP contribution >= 0.6 is 11.3 Å². The quantitative estimate of drug-likeness (QED) is 0.729. The van der Waals surface area contributed by atoms with E-state index in [1.54, 1.807) is 23.3 Å². The first-order chi connectivity index (χ1) is 11.2. The number of benzene rings is 2. The summed E-state index contributed by atoms with van der Waals surface area (Å²) in [6.45, 7) is 0.779. The molecule has 1 aromatic heterocycles. The van der Waals surface area contributed by atoms with Crippen LogP contribution in [0.25, 0.3) is 10.2 Å². The van der Waals surface area contributed by atoms with E-state index in [0.29, 0.717) is 13.2 Å². The maximum Gasteiger partial charge on any atom is 0.341 e. The summed E-state index contributed by atoms with van der Waals surface area (Å²) in [6.07, 6.45) is 0. The molecule has 6 heteroatoms. The molecule has 3 rings (SSSR count). The largest absolute Gasteiger partial charge is 0.341 e. The molecule has 0 spiro atoms. The van der Waals surface area contributed by atoms with Gasteiger partial charge in [0.25, 0.3) is 0 Å². The van der Waals surface area contributed by atoms with E-state index < -0.39 is 0 Å². The third-order valence-corrected chi connectivity index (χ3v) is 4.32. The van der Waals surface area contributed by atoms with Crippen LogP contribution in [0.2, 0.25) is 0 Å². The van der Waals surface area contributed by atoms with Gasteiger partial charge in [-0.15, -0.1) is 11.3 Å². The van der Waals surface area contributed by atoms with Gasteiger partial charge in [-0.05, 0) is 17.7 Å². The molecule has 1 heterocycles. The third-order valence-electron chi connectivity index (χ3n) is 3.30. The van der Waals surface area contributed by atoms with Crippen molar-refractivity contribution in [1.82, 2.24) is 15.4 Å². The first-order valence-corrected chi connectivity index (χ1v) is 8.05. The van der Waals surface area contributed by atoms with Crippen molar-refractivity contribution in [3.05, 3.63) is 65.2 Å². The lowest BCUT2D eigenvalue weighted by Gasteiger charge is -2.16. The molecule has 0 saturated heterocycles. The van der Waals surface area contributed by atoms with Gasteiger partial charge in [0.1, 0.15) is 5.01 Å². The number of hydroxylamine groups is 1. The monoisotopic (exact) mass is 327 g/mol. The van der Waals surface area contributed by atoms with Gasteiger partial charge in [-0.2, -0.15) is 0 Å². The minimum absolute atomic E-state index is 0.291. The Balaban J connectivity index is 1.51. The van der Waals surface area contributed by atoms with Gasteiger partial charge in [0.05, 0.1) is 23.4 Å². The van der Waals surface area contributed by atoms with Crippen molar-refractivity contribution in [3.8, 4) is 0 Å². The molecule has 0 aliphatic heterocycles. The fourth-order valence-electron chi connectivity index (χ4n) is 2.10. The van der Waals surface area contributed by atoms with Gasteiger partial charge >= 0.3 is 6.03 Å². The summed E-state index contributed by atoms with van der Waals surface area (Å²) in [7, 11) is 1.72. The SMILES string of the molecule is CN(Cc1nc2ccccc2s1)C(=O)NOCc1ccccc1. The zero-order valence-corrected chi connectivity index (χ0v) is 13.5. The highest BCUT2D eigenvalue weighted by atomic mass is 32.1. The van der Waals surface area contributed by atoms with E-state index in [1.165, 1.54) is 0 Å². The van der Waals surface area contributed by atoms with Crippen LogP contribution < -0.4 is 5.48 Å². The Labute approximate surface area is 138 Å². The number of carbonyl (C=O) groups excluding carboxylic acids is 1. The molecule has 0 aliphatic rings. The van der Waals surface area contributed by atoms with Crippen LogP contribution in [-0.2, 0) is 18.0 Å². The van der Waals surface area contributed by atoms with Gasteiger partial charge in [-0.25, -0.2) is 15.3 Å². The number of thiazole rings is 1. The summed E-state index contributed by atoms with van der Waals surface area (Å²) < 4.78 is 1.12. The van der Waals surface area contributed by atoms with Crippen molar-refractivity contribution >= 4 is 27.6 Å². The lowest BCUT2D eigenvalue weighted by atomic mass is 10.2. The fourth-order valence-corrected chi connectivity index (χ4v) is 3.12. The number of hydrogen-bond acceptors (Lipinski definition) is 4. The second-order valence-corrected chi connectivity index (χ2v) is 6.23. The first kappa shape index (κ1) is 15.5. The van der Waals surface area contributed by atoms with Crippen molar-refractivity contribution in [2.75, 3.05) is 7.05 Å². The molecule has 0 radical (unpaired) electrons. The zero-order valence-electron chi connectivity index (χ0n) is 12.7. The molecule has 0 saturated carbocycles. The van der Waals surface area contributed by atoms with Gasteiger partial charge in [-0.1, -0.05) is 42.5 Å². The summed E-state index contributed by atoms with van der Waals surface area (Å²) >= 11 is 1.59. The molecule has 23 heavy (non-hydrogen) atoms. The molecule has 2 amide bonds. The maximum absolute atomic E-state index is 12.0. The minimum atomic E-state index is -0.291. The molecule has 2 aromatic carbocycles.